The Balaban J connectivity index is 2.18. The Morgan fingerprint density at radius 3 is 2.33 bits per heavy atom. The van der Waals surface area contributed by atoms with E-state index in [1.807, 2.05) is 0 Å². The molecule has 7 heteroatoms. The highest BCUT2D eigenvalue weighted by molar-refractivity contribution is 6.46. The van der Waals surface area contributed by atoms with Gasteiger partial charge in [-0.1, -0.05) is 48.5 Å². The summed E-state index contributed by atoms with van der Waals surface area (Å²) in [6, 6.07) is 12.4. The van der Waals surface area contributed by atoms with Crippen LogP contribution in [-0.4, -0.2) is 34.2 Å². The van der Waals surface area contributed by atoms with Gasteiger partial charge in [0.1, 0.15) is 11.6 Å². The predicted octanol–water partition coefficient (Wildman–Crippen LogP) is 1.39. The first-order chi connectivity index (χ1) is 12.9. The lowest BCUT2D eigenvalue weighted by Crippen LogP contribution is -2.35. The number of aliphatic carboxylic acids is 1. The number of benzene rings is 2. The first-order valence-corrected chi connectivity index (χ1v) is 8.20. The zero-order valence-electron chi connectivity index (χ0n) is 14.1. The standard InChI is InChI=1S/C20H16FNO5/c21-14-9-5-4-8-13(14)17-16(18(25)12-6-2-1-3-7-12)19(26)20(27)22(17)11-10-15(23)24/h1-9,17,25H,10-11H2,(H,23,24)/p-1/t17-/m1/s1. The number of aliphatic hydroxyl groups is 1. The summed E-state index contributed by atoms with van der Waals surface area (Å²) in [5.41, 5.74) is -0.00100. The highest BCUT2D eigenvalue weighted by Crippen LogP contribution is 2.40. The number of carbonyl (C=O) groups is 3. The molecule has 1 aliphatic rings. The van der Waals surface area contributed by atoms with Crippen molar-refractivity contribution in [3.63, 3.8) is 0 Å². The highest BCUT2D eigenvalue weighted by atomic mass is 19.1. The van der Waals surface area contributed by atoms with Crippen LogP contribution in [0.1, 0.15) is 23.6 Å². The number of carboxylic acid groups (broad SMARTS) is 1. The molecule has 1 heterocycles. The lowest BCUT2D eigenvalue weighted by atomic mass is 9.95. The second kappa shape index (κ2) is 7.41. The van der Waals surface area contributed by atoms with Crippen LogP contribution in [0.2, 0.25) is 0 Å². The van der Waals surface area contributed by atoms with Gasteiger partial charge in [0.25, 0.3) is 11.7 Å². The molecular weight excluding hydrogens is 353 g/mol. The van der Waals surface area contributed by atoms with Gasteiger partial charge in [-0.25, -0.2) is 4.39 Å². The number of carboxylic acids is 1. The predicted molar refractivity (Wildman–Crippen MR) is 91.5 cm³/mol. The molecule has 0 aliphatic carbocycles. The average molecular weight is 368 g/mol. The number of aliphatic hydroxyl groups excluding tert-OH is 1. The number of Topliss-reactive ketones (excluding diaryl/α,β-unsaturated/α-hetero) is 1. The maximum atomic E-state index is 14.4. The van der Waals surface area contributed by atoms with E-state index < -0.39 is 41.7 Å². The zero-order chi connectivity index (χ0) is 19.6. The largest absolute Gasteiger partial charge is 0.550 e. The van der Waals surface area contributed by atoms with Gasteiger partial charge in [-0.15, -0.1) is 0 Å². The van der Waals surface area contributed by atoms with E-state index in [-0.39, 0.29) is 23.2 Å². The number of carbonyl (C=O) groups excluding carboxylic acids is 3. The summed E-state index contributed by atoms with van der Waals surface area (Å²) in [4.78, 5) is 36.8. The second-order valence-electron chi connectivity index (χ2n) is 6.00. The smallest absolute Gasteiger partial charge is 0.295 e. The monoisotopic (exact) mass is 368 g/mol. The van der Waals surface area contributed by atoms with Crippen molar-refractivity contribution in [1.82, 2.24) is 4.90 Å². The Bertz CT molecular complexity index is 938. The van der Waals surface area contributed by atoms with Crippen LogP contribution in [0.3, 0.4) is 0 Å². The number of hydrogen-bond donors (Lipinski definition) is 1. The number of likely N-dealkylation sites (tertiary alicyclic amines) is 1. The Morgan fingerprint density at radius 1 is 1.07 bits per heavy atom. The molecule has 1 aliphatic heterocycles. The van der Waals surface area contributed by atoms with Crippen LogP contribution < -0.4 is 5.11 Å². The third kappa shape index (κ3) is 3.44. The van der Waals surface area contributed by atoms with Crippen LogP contribution in [0.4, 0.5) is 4.39 Å². The molecule has 138 valence electrons. The average Bonchev–Trinajstić information content (AvgIpc) is 2.91. The highest BCUT2D eigenvalue weighted by Gasteiger charge is 2.46. The van der Waals surface area contributed by atoms with E-state index in [1.54, 1.807) is 30.3 Å². The van der Waals surface area contributed by atoms with Crippen LogP contribution in [0.15, 0.2) is 60.2 Å². The van der Waals surface area contributed by atoms with Gasteiger partial charge in [0, 0.05) is 30.1 Å². The Kier molecular flexibility index (Phi) is 5.03. The summed E-state index contributed by atoms with van der Waals surface area (Å²) in [5, 5.41) is 21.5. The number of nitrogens with zero attached hydrogens (tertiary/aromatic N) is 1. The van der Waals surface area contributed by atoms with Gasteiger partial charge < -0.3 is 19.9 Å². The number of amides is 1. The van der Waals surface area contributed by atoms with E-state index in [0.717, 1.165) is 11.0 Å². The molecule has 0 aromatic heterocycles. The van der Waals surface area contributed by atoms with Crippen LogP contribution in [0.5, 0.6) is 0 Å². The van der Waals surface area contributed by atoms with Gasteiger partial charge in [0.05, 0.1) is 11.6 Å². The molecule has 2 aromatic rings. The van der Waals surface area contributed by atoms with Gasteiger partial charge in [-0.3, -0.25) is 9.59 Å². The number of rotatable bonds is 5. The topological polar surface area (TPSA) is 97.7 Å². The van der Waals surface area contributed by atoms with E-state index in [9.17, 15) is 29.0 Å². The van der Waals surface area contributed by atoms with Crippen molar-refractivity contribution in [2.24, 2.45) is 0 Å². The fourth-order valence-electron chi connectivity index (χ4n) is 3.09. The molecular formula is C20H15FNO5-. The maximum Gasteiger partial charge on any atom is 0.295 e. The summed E-state index contributed by atoms with van der Waals surface area (Å²) in [6.45, 7) is -0.350. The maximum absolute atomic E-state index is 14.4. The SMILES string of the molecule is O=C([O-])CCN1C(=O)C(=O)C(=C(O)c2ccccc2)[C@H]1c1ccccc1F. The number of ketones is 1. The fourth-order valence-corrected chi connectivity index (χ4v) is 3.09. The Hall–Kier alpha value is -3.48. The molecule has 1 N–H and O–H groups in total. The van der Waals surface area contributed by atoms with Crippen molar-refractivity contribution in [2.75, 3.05) is 6.54 Å². The second-order valence-corrected chi connectivity index (χ2v) is 6.00. The van der Waals surface area contributed by atoms with Crippen LogP contribution in [-0.2, 0) is 14.4 Å². The van der Waals surface area contributed by atoms with E-state index in [4.69, 9.17) is 0 Å². The van der Waals surface area contributed by atoms with Crippen molar-refractivity contribution in [3.8, 4) is 0 Å². The van der Waals surface area contributed by atoms with E-state index in [2.05, 4.69) is 0 Å². The third-order valence-electron chi connectivity index (χ3n) is 4.34. The Morgan fingerprint density at radius 2 is 1.70 bits per heavy atom. The summed E-state index contributed by atoms with van der Waals surface area (Å²) in [6.07, 6.45) is -0.524. The first kappa shape index (κ1) is 18.3. The molecule has 0 spiro atoms. The number of halogens is 1. The van der Waals surface area contributed by atoms with Crippen LogP contribution in [0.25, 0.3) is 5.76 Å². The molecule has 0 bridgehead atoms. The summed E-state index contributed by atoms with van der Waals surface area (Å²) < 4.78 is 14.4. The van der Waals surface area contributed by atoms with Crippen molar-refractivity contribution >= 4 is 23.4 Å². The van der Waals surface area contributed by atoms with Crippen molar-refractivity contribution in [1.29, 1.82) is 0 Å². The normalized spacial score (nSPS) is 18.7. The molecule has 1 fully saturated rings. The molecule has 0 saturated carbocycles. The minimum Gasteiger partial charge on any atom is -0.550 e. The molecule has 1 atom stereocenters. The lowest BCUT2D eigenvalue weighted by Gasteiger charge is -2.25. The zero-order valence-corrected chi connectivity index (χ0v) is 14.1. The van der Waals surface area contributed by atoms with Gasteiger partial charge >= 0.3 is 0 Å². The minimum atomic E-state index is -1.41. The summed E-state index contributed by atoms with van der Waals surface area (Å²) >= 11 is 0. The first-order valence-electron chi connectivity index (χ1n) is 8.20. The lowest BCUT2D eigenvalue weighted by molar-refractivity contribution is -0.305. The molecule has 0 radical (unpaired) electrons. The molecule has 1 saturated heterocycles. The molecule has 3 rings (SSSR count). The fraction of sp³-hybridized carbons (Fsp3) is 0.150. The van der Waals surface area contributed by atoms with Crippen molar-refractivity contribution < 1.29 is 29.0 Å². The summed E-state index contributed by atoms with van der Waals surface area (Å²) in [7, 11) is 0. The van der Waals surface area contributed by atoms with Gasteiger partial charge in [-0.2, -0.15) is 0 Å². The Labute approximate surface area is 154 Å². The van der Waals surface area contributed by atoms with Crippen molar-refractivity contribution in [3.05, 3.63) is 77.1 Å². The third-order valence-corrected chi connectivity index (χ3v) is 4.34. The van der Waals surface area contributed by atoms with E-state index in [1.165, 1.54) is 18.2 Å². The molecule has 27 heavy (non-hydrogen) atoms. The van der Waals surface area contributed by atoms with Gasteiger partial charge in [0.15, 0.2) is 0 Å². The van der Waals surface area contributed by atoms with E-state index >= 15 is 0 Å². The quantitative estimate of drug-likeness (QED) is 0.489. The molecule has 2 aromatic carbocycles. The van der Waals surface area contributed by atoms with Crippen LogP contribution >= 0.6 is 0 Å². The minimum absolute atomic E-state index is 0.00692. The van der Waals surface area contributed by atoms with Crippen LogP contribution in [0, 0.1) is 5.82 Å². The molecule has 6 nitrogen and oxygen atoms in total. The number of hydrogen-bond acceptors (Lipinski definition) is 5. The summed E-state index contributed by atoms with van der Waals surface area (Å²) in [5.74, 6) is -4.53. The van der Waals surface area contributed by atoms with E-state index in [0.29, 0.717) is 0 Å². The molecule has 1 amide bonds. The van der Waals surface area contributed by atoms with Crippen molar-refractivity contribution in [2.45, 2.75) is 12.5 Å². The molecule has 0 unspecified atom stereocenters. The van der Waals surface area contributed by atoms with Gasteiger partial charge in [0.2, 0.25) is 0 Å². The van der Waals surface area contributed by atoms with Gasteiger partial charge in [-0.05, 0) is 6.07 Å².